The standard InChI is InChI=1S/C11H15N5/c1-11(2-4-13-5-3-11)16-10-8-14-9(6-12)7-15-10/h7-8,13H,2-5H2,1H3,(H,15,16). The minimum absolute atomic E-state index is 0.0775. The molecular formula is C11H15N5. The molecule has 2 heterocycles. The molecule has 0 saturated carbocycles. The Kier molecular flexibility index (Phi) is 3.02. The van der Waals surface area contributed by atoms with E-state index in [0.717, 1.165) is 31.7 Å². The molecule has 2 N–H and O–H groups in total. The Morgan fingerprint density at radius 2 is 2.12 bits per heavy atom. The average Bonchev–Trinajstić information content (AvgIpc) is 2.30. The van der Waals surface area contributed by atoms with Crippen molar-refractivity contribution in [3.8, 4) is 6.07 Å². The summed E-state index contributed by atoms with van der Waals surface area (Å²) in [5.74, 6) is 0.739. The van der Waals surface area contributed by atoms with Gasteiger partial charge in [-0.1, -0.05) is 0 Å². The molecule has 0 bridgehead atoms. The first-order valence-corrected chi connectivity index (χ1v) is 5.43. The third-order valence-corrected chi connectivity index (χ3v) is 2.90. The molecule has 2 rings (SSSR count). The van der Waals surface area contributed by atoms with Gasteiger partial charge in [-0.15, -0.1) is 0 Å². The molecule has 0 aromatic carbocycles. The summed E-state index contributed by atoms with van der Waals surface area (Å²) >= 11 is 0. The number of piperidine rings is 1. The fraction of sp³-hybridized carbons (Fsp3) is 0.545. The molecule has 1 aromatic heterocycles. The zero-order chi connectivity index (χ0) is 11.4. The number of nitrogens with one attached hydrogen (secondary N) is 2. The van der Waals surface area contributed by atoms with Crippen molar-refractivity contribution in [3.05, 3.63) is 18.1 Å². The van der Waals surface area contributed by atoms with E-state index in [9.17, 15) is 0 Å². The molecule has 0 unspecified atom stereocenters. The maximum absolute atomic E-state index is 8.62. The van der Waals surface area contributed by atoms with E-state index in [0.29, 0.717) is 5.69 Å². The van der Waals surface area contributed by atoms with Crippen molar-refractivity contribution in [2.75, 3.05) is 18.4 Å². The van der Waals surface area contributed by atoms with E-state index in [1.54, 1.807) is 6.20 Å². The number of anilines is 1. The second kappa shape index (κ2) is 4.45. The van der Waals surface area contributed by atoms with Crippen LogP contribution < -0.4 is 10.6 Å². The van der Waals surface area contributed by atoms with Gasteiger partial charge in [0.15, 0.2) is 5.69 Å². The number of nitrogens with zero attached hydrogens (tertiary/aromatic N) is 3. The number of hydrogen-bond acceptors (Lipinski definition) is 5. The highest BCUT2D eigenvalue weighted by Gasteiger charge is 2.26. The van der Waals surface area contributed by atoms with Gasteiger partial charge in [-0.2, -0.15) is 5.26 Å². The van der Waals surface area contributed by atoms with Crippen molar-refractivity contribution in [3.63, 3.8) is 0 Å². The lowest BCUT2D eigenvalue weighted by Gasteiger charge is -2.35. The quantitative estimate of drug-likeness (QED) is 0.770. The molecular weight excluding hydrogens is 202 g/mol. The van der Waals surface area contributed by atoms with E-state index < -0.39 is 0 Å². The molecule has 1 aliphatic heterocycles. The molecule has 1 fully saturated rings. The first kappa shape index (κ1) is 10.8. The van der Waals surface area contributed by atoms with Crippen molar-refractivity contribution < 1.29 is 0 Å². The van der Waals surface area contributed by atoms with Gasteiger partial charge in [-0.3, -0.25) is 0 Å². The normalized spacial score (nSPS) is 18.8. The highest BCUT2D eigenvalue weighted by Crippen LogP contribution is 2.21. The van der Waals surface area contributed by atoms with E-state index in [1.165, 1.54) is 6.20 Å². The largest absolute Gasteiger partial charge is 0.364 e. The highest BCUT2D eigenvalue weighted by molar-refractivity contribution is 5.36. The van der Waals surface area contributed by atoms with Crippen LogP contribution in [-0.4, -0.2) is 28.6 Å². The Morgan fingerprint density at radius 1 is 1.38 bits per heavy atom. The van der Waals surface area contributed by atoms with Crippen molar-refractivity contribution >= 4 is 5.82 Å². The zero-order valence-corrected chi connectivity index (χ0v) is 9.32. The van der Waals surface area contributed by atoms with Crippen molar-refractivity contribution in [2.45, 2.75) is 25.3 Å². The van der Waals surface area contributed by atoms with Crippen LogP contribution in [0.2, 0.25) is 0 Å². The summed E-state index contributed by atoms with van der Waals surface area (Å²) < 4.78 is 0. The van der Waals surface area contributed by atoms with Crippen LogP contribution in [0.3, 0.4) is 0 Å². The van der Waals surface area contributed by atoms with E-state index in [4.69, 9.17) is 5.26 Å². The molecule has 1 aliphatic rings. The monoisotopic (exact) mass is 217 g/mol. The molecule has 0 radical (unpaired) electrons. The first-order valence-electron chi connectivity index (χ1n) is 5.43. The van der Waals surface area contributed by atoms with Crippen LogP contribution in [0.25, 0.3) is 0 Å². The van der Waals surface area contributed by atoms with Gasteiger partial charge >= 0.3 is 0 Å². The Labute approximate surface area is 94.9 Å². The molecule has 16 heavy (non-hydrogen) atoms. The number of rotatable bonds is 2. The van der Waals surface area contributed by atoms with E-state index in [1.807, 2.05) is 6.07 Å². The molecule has 0 aliphatic carbocycles. The van der Waals surface area contributed by atoms with Gasteiger partial charge in [0.2, 0.25) is 0 Å². The van der Waals surface area contributed by atoms with Crippen molar-refractivity contribution in [2.24, 2.45) is 0 Å². The van der Waals surface area contributed by atoms with Crippen LogP contribution in [0.15, 0.2) is 12.4 Å². The fourth-order valence-corrected chi connectivity index (χ4v) is 1.86. The Morgan fingerprint density at radius 3 is 2.69 bits per heavy atom. The maximum atomic E-state index is 8.62. The first-order chi connectivity index (χ1) is 7.72. The summed E-state index contributed by atoms with van der Waals surface area (Å²) in [6, 6.07) is 1.96. The van der Waals surface area contributed by atoms with Gasteiger partial charge in [0.05, 0.1) is 12.4 Å². The predicted octanol–water partition coefficient (Wildman–Crippen LogP) is 0.902. The smallest absolute Gasteiger partial charge is 0.158 e. The van der Waals surface area contributed by atoms with Crippen LogP contribution in [0, 0.1) is 11.3 Å². The summed E-state index contributed by atoms with van der Waals surface area (Å²) in [5.41, 5.74) is 0.426. The zero-order valence-electron chi connectivity index (χ0n) is 9.32. The molecule has 84 valence electrons. The van der Waals surface area contributed by atoms with Gasteiger partial charge in [-0.25, -0.2) is 9.97 Å². The minimum atomic E-state index is 0.0775. The highest BCUT2D eigenvalue weighted by atomic mass is 15.1. The Hall–Kier alpha value is -1.67. The molecule has 1 aromatic rings. The van der Waals surface area contributed by atoms with Gasteiger partial charge in [0.1, 0.15) is 11.9 Å². The number of aromatic nitrogens is 2. The van der Waals surface area contributed by atoms with Crippen molar-refractivity contribution in [1.82, 2.24) is 15.3 Å². The number of nitriles is 1. The molecule has 0 amide bonds. The molecule has 0 spiro atoms. The fourth-order valence-electron chi connectivity index (χ4n) is 1.86. The molecule has 5 nitrogen and oxygen atoms in total. The van der Waals surface area contributed by atoms with Crippen LogP contribution in [0.5, 0.6) is 0 Å². The van der Waals surface area contributed by atoms with Gasteiger partial charge in [0, 0.05) is 5.54 Å². The van der Waals surface area contributed by atoms with Crippen molar-refractivity contribution in [1.29, 1.82) is 5.26 Å². The second-order valence-electron chi connectivity index (χ2n) is 4.33. The van der Waals surface area contributed by atoms with Crippen LogP contribution in [0.4, 0.5) is 5.82 Å². The average molecular weight is 217 g/mol. The topological polar surface area (TPSA) is 73.6 Å². The van der Waals surface area contributed by atoms with E-state index in [-0.39, 0.29) is 5.54 Å². The third kappa shape index (κ3) is 2.47. The van der Waals surface area contributed by atoms with Crippen LogP contribution in [0.1, 0.15) is 25.5 Å². The van der Waals surface area contributed by atoms with Crippen LogP contribution in [-0.2, 0) is 0 Å². The predicted molar refractivity (Wildman–Crippen MR) is 60.9 cm³/mol. The lowest BCUT2D eigenvalue weighted by atomic mass is 9.91. The SMILES string of the molecule is CC1(Nc2cnc(C#N)cn2)CCNCC1. The molecule has 5 heteroatoms. The summed E-state index contributed by atoms with van der Waals surface area (Å²) in [4.78, 5) is 8.16. The minimum Gasteiger partial charge on any atom is -0.364 e. The Bertz CT molecular complexity index is 386. The van der Waals surface area contributed by atoms with Crippen LogP contribution >= 0.6 is 0 Å². The van der Waals surface area contributed by atoms with Gasteiger partial charge < -0.3 is 10.6 Å². The maximum Gasteiger partial charge on any atom is 0.158 e. The van der Waals surface area contributed by atoms with Gasteiger partial charge in [-0.05, 0) is 32.9 Å². The van der Waals surface area contributed by atoms with Gasteiger partial charge in [0.25, 0.3) is 0 Å². The second-order valence-corrected chi connectivity index (χ2v) is 4.33. The third-order valence-electron chi connectivity index (χ3n) is 2.90. The summed E-state index contributed by atoms with van der Waals surface area (Å²) in [5, 5.41) is 15.3. The summed E-state index contributed by atoms with van der Waals surface area (Å²) in [7, 11) is 0. The Balaban J connectivity index is 2.05. The summed E-state index contributed by atoms with van der Waals surface area (Å²) in [6.07, 6.45) is 5.24. The molecule has 1 saturated heterocycles. The molecule has 0 atom stereocenters. The van der Waals surface area contributed by atoms with E-state index in [2.05, 4.69) is 27.5 Å². The lowest BCUT2D eigenvalue weighted by molar-refractivity contribution is 0.364. The lowest BCUT2D eigenvalue weighted by Crippen LogP contribution is -2.45. The summed E-state index contributed by atoms with van der Waals surface area (Å²) in [6.45, 7) is 4.23. The number of hydrogen-bond donors (Lipinski definition) is 2. The van der Waals surface area contributed by atoms with E-state index >= 15 is 0 Å².